The minimum absolute atomic E-state index is 0.117. The van der Waals surface area contributed by atoms with Crippen molar-refractivity contribution < 1.29 is 10.2 Å². The van der Waals surface area contributed by atoms with Gasteiger partial charge in [0.1, 0.15) is 11.5 Å². The van der Waals surface area contributed by atoms with Crippen molar-refractivity contribution in [1.29, 1.82) is 0 Å². The number of nitrogens with two attached hydrogens (primary N) is 1. The third kappa shape index (κ3) is 4.69. The third-order valence-electron chi connectivity index (χ3n) is 13.7. The molecule has 1 heterocycles. The molecule has 0 bridgehead atoms. The zero-order valence-electron chi connectivity index (χ0n) is 33.9. The molecule has 0 saturated heterocycles. The van der Waals surface area contributed by atoms with Crippen LogP contribution in [0.25, 0.3) is 44.2 Å². The Morgan fingerprint density at radius 2 is 1.55 bits per heavy atom. The van der Waals surface area contributed by atoms with E-state index in [2.05, 4.69) is 140 Å². The van der Waals surface area contributed by atoms with Crippen LogP contribution in [0.1, 0.15) is 66.5 Å². The van der Waals surface area contributed by atoms with Crippen LogP contribution in [0.15, 0.2) is 162 Å². The zero-order valence-corrected chi connectivity index (χ0v) is 33.9. The summed E-state index contributed by atoms with van der Waals surface area (Å²) in [5.74, 6) is 0.261. The van der Waals surface area contributed by atoms with Crippen LogP contribution in [-0.2, 0) is 10.8 Å². The Hall–Kier alpha value is -6.52. The molecule has 4 nitrogen and oxygen atoms in total. The monoisotopic (exact) mass is 756 g/mol. The van der Waals surface area contributed by atoms with Gasteiger partial charge in [-0.15, -0.1) is 0 Å². The van der Waals surface area contributed by atoms with Crippen LogP contribution in [0, 0.1) is 20.8 Å². The summed E-state index contributed by atoms with van der Waals surface area (Å²) >= 11 is 0. The van der Waals surface area contributed by atoms with Gasteiger partial charge in [-0.1, -0.05) is 98.5 Å². The first kappa shape index (κ1) is 35.9. The fourth-order valence-electron chi connectivity index (χ4n) is 10.7. The van der Waals surface area contributed by atoms with Gasteiger partial charge >= 0.3 is 0 Å². The van der Waals surface area contributed by atoms with Crippen molar-refractivity contribution in [3.63, 3.8) is 0 Å². The number of phenols is 2. The Labute approximate surface area is 340 Å². The van der Waals surface area contributed by atoms with Crippen LogP contribution in [0.3, 0.4) is 0 Å². The van der Waals surface area contributed by atoms with Gasteiger partial charge in [0.2, 0.25) is 0 Å². The highest BCUT2D eigenvalue weighted by atomic mass is 16.3. The number of allylic oxidation sites excluding steroid dienone is 13. The van der Waals surface area contributed by atoms with Crippen LogP contribution < -0.4 is 5.73 Å². The Bertz CT molecular complexity index is 2990. The van der Waals surface area contributed by atoms with Crippen molar-refractivity contribution in [3.05, 3.63) is 195 Å². The van der Waals surface area contributed by atoms with Crippen LogP contribution in [0.5, 0.6) is 11.5 Å². The lowest BCUT2D eigenvalue weighted by molar-refractivity contribution is 0.441. The first-order valence-electron chi connectivity index (χ1n) is 20.4. The average Bonchev–Trinajstić information content (AvgIpc) is 3.82. The van der Waals surface area contributed by atoms with Crippen molar-refractivity contribution in [3.8, 4) is 28.3 Å². The van der Waals surface area contributed by atoms with Crippen LogP contribution in [0.4, 0.5) is 5.69 Å². The van der Waals surface area contributed by atoms with Gasteiger partial charge in [0, 0.05) is 38.7 Å². The molecule has 0 fully saturated rings. The Morgan fingerprint density at radius 1 is 0.759 bits per heavy atom. The molecule has 58 heavy (non-hydrogen) atoms. The number of anilines is 1. The number of para-hydroxylation sites is 1. The summed E-state index contributed by atoms with van der Waals surface area (Å²) in [6.07, 6.45) is 19.4. The number of aromatic nitrogens is 1. The molecule has 5 aromatic carbocycles. The van der Waals surface area contributed by atoms with Crippen LogP contribution >= 0.6 is 0 Å². The highest BCUT2D eigenvalue weighted by Crippen LogP contribution is 2.67. The maximum Gasteiger partial charge on any atom is 0.130 e. The van der Waals surface area contributed by atoms with Gasteiger partial charge in [-0.2, -0.15) is 0 Å². The summed E-state index contributed by atoms with van der Waals surface area (Å²) < 4.78 is 2.34. The number of fused-ring (bicyclic) bond motifs is 10. The number of benzene rings is 5. The number of phenolic OH excluding ortho intramolecular Hbond substituents is 2. The molecule has 10 rings (SSSR count). The molecule has 4 heteroatoms. The third-order valence-corrected chi connectivity index (χ3v) is 13.7. The van der Waals surface area contributed by atoms with Gasteiger partial charge in [0.05, 0.1) is 16.4 Å². The van der Waals surface area contributed by atoms with E-state index in [0.29, 0.717) is 5.56 Å². The van der Waals surface area contributed by atoms with Crippen LogP contribution in [0.2, 0.25) is 0 Å². The van der Waals surface area contributed by atoms with Gasteiger partial charge < -0.3 is 20.5 Å². The zero-order chi connectivity index (χ0) is 40.2. The van der Waals surface area contributed by atoms with E-state index in [9.17, 15) is 10.2 Å². The van der Waals surface area contributed by atoms with E-state index < -0.39 is 5.41 Å². The molecule has 1 spiro atoms. The molecule has 2 atom stereocenters. The number of aromatic hydroxyl groups is 2. The van der Waals surface area contributed by atoms with Gasteiger partial charge in [-0.25, -0.2) is 0 Å². The number of nitrogens with zero attached hydrogens (tertiary/aromatic N) is 1. The van der Waals surface area contributed by atoms with E-state index in [1.807, 2.05) is 26.0 Å². The highest BCUT2D eigenvalue weighted by molar-refractivity contribution is 6.11. The minimum Gasteiger partial charge on any atom is -0.507 e. The summed E-state index contributed by atoms with van der Waals surface area (Å²) in [6, 6.07) is 30.5. The fraction of sp³-hybridized carbons (Fsp3) is 0.185. The van der Waals surface area contributed by atoms with E-state index in [1.165, 1.54) is 55.5 Å². The lowest BCUT2D eigenvalue weighted by Gasteiger charge is -2.38. The summed E-state index contributed by atoms with van der Waals surface area (Å²) in [5.41, 5.74) is 25.2. The predicted octanol–water partition coefficient (Wildman–Crippen LogP) is 13.0. The van der Waals surface area contributed by atoms with Crippen molar-refractivity contribution in [2.24, 2.45) is 0 Å². The number of hydrogen-bond donors (Lipinski definition) is 3. The minimum atomic E-state index is -0.487. The van der Waals surface area contributed by atoms with E-state index in [0.717, 1.165) is 69.3 Å². The quantitative estimate of drug-likeness (QED) is 0.153. The number of hydrogen-bond acceptors (Lipinski definition) is 3. The Morgan fingerprint density at radius 3 is 2.33 bits per heavy atom. The number of nitrogen functional groups attached to an aromatic ring is 1. The summed E-state index contributed by atoms with van der Waals surface area (Å²) in [6.45, 7) is 14.5. The molecule has 4 aliphatic rings. The van der Waals surface area contributed by atoms with E-state index in [1.54, 1.807) is 6.92 Å². The smallest absolute Gasteiger partial charge is 0.130 e. The average molecular weight is 757 g/mol. The second kappa shape index (κ2) is 12.7. The number of rotatable bonds is 5. The van der Waals surface area contributed by atoms with Crippen molar-refractivity contribution in [2.45, 2.75) is 64.7 Å². The van der Waals surface area contributed by atoms with E-state index in [-0.39, 0.29) is 16.9 Å². The first-order chi connectivity index (χ1) is 28.0. The molecule has 286 valence electrons. The topological polar surface area (TPSA) is 71.4 Å². The lowest BCUT2D eigenvalue weighted by atomic mass is 9.64. The van der Waals surface area contributed by atoms with Crippen LogP contribution in [-0.4, -0.2) is 14.8 Å². The van der Waals surface area contributed by atoms with Crippen molar-refractivity contribution >= 4 is 33.1 Å². The molecule has 0 amide bonds. The Balaban J connectivity index is 1.21. The normalized spacial score (nSPS) is 21.0. The lowest BCUT2D eigenvalue weighted by Crippen LogP contribution is -2.31. The molecular weight excluding hydrogens is 709 g/mol. The second-order valence-electron chi connectivity index (χ2n) is 16.8. The standard InChI is InChI=1S/C54H48N2O2/c1-7-14-44-38(8-2)39-17-12-13-18-45(39)54(44)46-29-36(55)21-23-40(46)41-25-26-53(6,30-47(41)54)35-20-24-48-43(28-35)42-22-19-34(27-49(42)56(48)37-15-10-9-11-16-37)50-31(3)32(4)51(57)33(5)52(50)58/h7-11,14-25,27-30,57-58H,2,12-13,26,55H2,1,3-6H3/b14-7-. The summed E-state index contributed by atoms with van der Waals surface area (Å²) in [7, 11) is 0. The molecule has 0 saturated carbocycles. The molecule has 0 radical (unpaired) electrons. The van der Waals surface area contributed by atoms with Crippen molar-refractivity contribution in [1.82, 2.24) is 4.57 Å². The van der Waals surface area contributed by atoms with E-state index >= 15 is 0 Å². The van der Waals surface area contributed by atoms with Gasteiger partial charge in [-0.05, 0) is 156 Å². The molecular formula is C54H48N2O2. The van der Waals surface area contributed by atoms with Gasteiger partial charge in [-0.3, -0.25) is 0 Å². The van der Waals surface area contributed by atoms with E-state index in [4.69, 9.17) is 5.73 Å². The van der Waals surface area contributed by atoms with Gasteiger partial charge in [0.15, 0.2) is 0 Å². The molecule has 6 aromatic rings. The molecule has 4 N–H and O–H groups in total. The van der Waals surface area contributed by atoms with Crippen molar-refractivity contribution in [2.75, 3.05) is 5.73 Å². The predicted molar refractivity (Wildman–Crippen MR) is 242 cm³/mol. The molecule has 1 aromatic heterocycles. The fourth-order valence-corrected chi connectivity index (χ4v) is 10.7. The Kier molecular flexibility index (Phi) is 7.88. The molecule has 2 unspecified atom stereocenters. The summed E-state index contributed by atoms with van der Waals surface area (Å²) in [5, 5.41) is 24.5. The SMILES string of the molecule is C=CC1=C(/C=C\C)C2(C3=CCCC=C31)C1=CC(C)(c3ccc4c(c3)c3ccc(-c5c(C)c(C)c(O)c(C)c5O)cc3n4-c3ccccc3)CC=C1c1ccc(N)cc12. The summed E-state index contributed by atoms with van der Waals surface area (Å²) in [4.78, 5) is 0. The van der Waals surface area contributed by atoms with Gasteiger partial charge in [0.25, 0.3) is 0 Å². The molecule has 4 aliphatic carbocycles. The highest BCUT2D eigenvalue weighted by Gasteiger charge is 2.56. The first-order valence-corrected chi connectivity index (χ1v) is 20.4. The maximum atomic E-state index is 11.4. The largest absolute Gasteiger partial charge is 0.507 e. The second-order valence-corrected chi connectivity index (χ2v) is 16.8. The maximum absolute atomic E-state index is 11.4. The molecule has 0 aliphatic heterocycles.